The van der Waals surface area contributed by atoms with Crippen LogP contribution in [0.4, 0.5) is 4.39 Å². The monoisotopic (exact) mass is 416 g/mol. The van der Waals surface area contributed by atoms with Crippen LogP contribution in [0.15, 0.2) is 24.3 Å². The summed E-state index contributed by atoms with van der Waals surface area (Å²) in [5, 5.41) is 11.9. The van der Waals surface area contributed by atoms with E-state index in [2.05, 4.69) is 9.88 Å². The molecule has 2 N–H and O–H groups in total. The van der Waals surface area contributed by atoms with Crippen LogP contribution in [0.2, 0.25) is 0 Å². The molecule has 2 aromatic rings. The molecular formula is C22H29FN4O3. The van der Waals surface area contributed by atoms with Crippen LogP contribution in [0.1, 0.15) is 36.7 Å². The number of nitrogens with one attached hydrogen (secondary N) is 1. The van der Waals surface area contributed by atoms with E-state index in [0.29, 0.717) is 56.6 Å². The predicted molar refractivity (Wildman–Crippen MR) is 112 cm³/mol. The second kappa shape index (κ2) is 8.35. The maximum Gasteiger partial charge on any atom is 0.270 e. The molecule has 30 heavy (non-hydrogen) atoms. The molecule has 1 atom stereocenters. The van der Waals surface area contributed by atoms with Crippen molar-refractivity contribution >= 4 is 22.7 Å². The lowest BCUT2D eigenvalue weighted by Crippen LogP contribution is -2.53. The Balaban J connectivity index is 1.37. The molecule has 2 fully saturated rings. The number of piperazine rings is 1. The van der Waals surface area contributed by atoms with Gasteiger partial charge in [0.2, 0.25) is 5.91 Å². The van der Waals surface area contributed by atoms with E-state index >= 15 is 0 Å². The van der Waals surface area contributed by atoms with Gasteiger partial charge in [0.15, 0.2) is 0 Å². The number of nitrogens with zero attached hydrogens (tertiary/aromatic N) is 3. The molecule has 0 bridgehead atoms. The zero-order chi connectivity index (χ0) is 21.3. The molecule has 8 heteroatoms. The van der Waals surface area contributed by atoms with E-state index in [1.807, 2.05) is 4.90 Å². The number of hydrogen-bond donors (Lipinski definition) is 2. The van der Waals surface area contributed by atoms with Gasteiger partial charge in [-0.25, -0.2) is 4.39 Å². The summed E-state index contributed by atoms with van der Waals surface area (Å²) in [6.45, 7) is 6.12. The zero-order valence-corrected chi connectivity index (χ0v) is 17.4. The second-order valence-electron chi connectivity index (χ2n) is 8.57. The van der Waals surface area contributed by atoms with Crippen molar-refractivity contribution in [1.29, 1.82) is 0 Å². The molecule has 2 aliphatic rings. The number of aromatic amines is 1. The Morgan fingerprint density at radius 1 is 1.07 bits per heavy atom. The fraction of sp³-hybridized carbons (Fsp3) is 0.545. The highest BCUT2D eigenvalue weighted by Gasteiger charge is 2.34. The Labute approximate surface area is 175 Å². The third kappa shape index (κ3) is 4.49. The molecule has 0 spiro atoms. The minimum Gasteiger partial charge on any atom is -0.388 e. The van der Waals surface area contributed by atoms with Crippen molar-refractivity contribution in [2.75, 3.05) is 45.8 Å². The van der Waals surface area contributed by atoms with Gasteiger partial charge in [0.1, 0.15) is 11.5 Å². The third-order valence-corrected chi connectivity index (χ3v) is 6.35. The smallest absolute Gasteiger partial charge is 0.270 e. The molecule has 2 aliphatic heterocycles. The summed E-state index contributed by atoms with van der Waals surface area (Å²) in [4.78, 5) is 33.4. The summed E-state index contributed by atoms with van der Waals surface area (Å²) < 4.78 is 13.4. The van der Waals surface area contributed by atoms with E-state index < -0.39 is 5.60 Å². The fourth-order valence-electron chi connectivity index (χ4n) is 4.57. The molecule has 4 rings (SSSR count). The number of aliphatic hydroxyl groups is 1. The van der Waals surface area contributed by atoms with Gasteiger partial charge in [-0.1, -0.05) is 0 Å². The normalized spacial score (nSPS) is 23.6. The number of likely N-dealkylation sites (tertiary alicyclic amines) is 1. The SMILES string of the molecule is CC(=O)N1CCN(C[C@@]2(O)CCCN(C(=O)c3cc4cc(F)ccc4[nH]3)CC2)CC1. The molecule has 0 saturated carbocycles. The number of β-amino-alcohol motifs (C(OH)–C–C–N with tert-alkyl or cyclic N) is 1. The molecular weight excluding hydrogens is 387 g/mol. The van der Waals surface area contributed by atoms with Crippen molar-refractivity contribution in [3.63, 3.8) is 0 Å². The lowest BCUT2D eigenvalue weighted by Gasteiger charge is -2.39. The van der Waals surface area contributed by atoms with E-state index in [-0.39, 0.29) is 17.6 Å². The number of hydrogen-bond acceptors (Lipinski definition) is 4. The first-order valence-corrected chi connectivity index (χ1v) is 10.6. The first kappa shape index (κ1) is 20.8. The Morgan fingerprint density at radius 3 is 2.57 bits per heavy atom. The first-order valence-electron chi connectivity index (χ1n) is 10.6. The number of carbonyl (C=O) groups is 2. The Morgan fingerprint density at radius 2 is 1.83 bits per heavy atom. The van der Waals surface area contributed by atoms with Crippen LogP contribution >= 0.6 is 0 Å². The molecule has 2 saturated heterocycles. The first-order chi connectivity index (χ1) is 14.3. The summed E-state index contributed by atoms with van der Waals surface area (Å²) in [6.07, 6.45) is 1.88. The van der Waals surface area contributed by atoms with Gasteiger partial charge in [0.25, 0.3) is 5.91 Å². The van der Waals surface area contributed by atoms with Crippen LogP contribution in [-0.2, 0) is 4.79 Å². The summed E-state index contributed by atoms with van der Waals surface area (Å²) in [5.74, 6) is -0.355. The average Bonchev–Trinajstić information content (AvgIpc) is 3.03. The number of H-pyrrole nitrogens is 1. The highest BCUT2D eigenvalue weighted by Crippen LogP contribution is 2.26. The lowest BCUT2D eigenvalue weighted by atomic mass is 9.94. The van der Waals surface area contributed by atoms with Gasteiger partial charge in [-0.3, -0.25) is 14.5 Å². The van der Waals surface area contributed by atoms with Gasteiger partial charge in [-0.15, -0.1) is 0 Å². The lowest BCUT2D eigenvalue weighted by molar-refractivity contribution is -0.131. The van der Waals surface area contributed by atoms with Crippen LogP contribution in [0.5, 0.6) is 0 Å². The van der Waals surface area contributed by atoms with Crippen molar-refractivity contribution in [2.24, 2.45) is 0 Å². The molecule has 0 unspecified atom stereocenters. The van der Waals surface area contributed by atoms with Crippen LogP contribution in [0.25, 0.3) is 10.9 Å². The Kier molecular flexibility index (Phi) is 5.79. The molecule has 3 heterocycles. The summed E-state index contributed by atoms with van der Waals surface area (Å²) in [6, 6.07) is 6.10. The number of benzene rings is 1. The number of carbonyl (C=O) groups excluding carboxylic acids is 2. The third-order valence-electron chi connectivity index (χ3n) is 6.35. The van der Waals surface area contributed by atoms with Gasteiger partial charge in [-0.05, 0) is 43.5 Å². The van der Waals surface area contributed by atoms with Crippen molar-refractivity contribution in [3.8, 4) is 0 Å². The standard InChI is InChI=1S/C22H29FN4O3/c1-16(28)26-11-9-25(10-12-26)15-22(30)5-2-7-27(8-6-22)21(29)20-14-17-13-18(23)3-4-19(17)24-20/h3-4,13-14,24,30H,2,5-12,15H2,1H3/t22-/m1/s1. The average molecular weight is 416 g/mol. The molecule has 162 valence electrons. The fourth-order valence-corrected chi connectivity index (χ4v) is 4.57. The van der Waals surface area contributed by atoms with Gasteiger partial charge < -0.3 is 19.9 Å². The topological polar surface area (TPSA) is 79.9 Å². The van der Waals surface area contributed by atoms with Gasteiger partial charge in [-0.2, -0.15) is 0 Å². The van der Waals surface area contributed by atoms with E-state index in [1.165, 1.54) is 12.1 Å². The van der Waals surface area contributed by atoms with Gasteiger partial charge in [0.05, 0.1) is 5.60 Å². The van der Waals surface area contributed by atoms with E-state index in [9.17, 15) is 19.1 Å². The molecule has 0 aliphatic carbocycles. The number of fused-ring (bicyclic) bond motifs is 1. The number of rotatable bonds is 3. The van der Waals surface area contributed by atoms with Crippen LogP contribution in [0, 0.1) is 5.82 Å². The van der Waals surface area contributed by atoms with Crippen molar-refractivity contribution < 1.29 is 19.1 Å². The molecule has 1 aromatic heterocycles. The minimum atomic E-state index is -0.836. The second-order valence-corrected chi connectivity index (χ2v) is 8.57. The molecule has 2 amide bonds. The van der Waals surface area contributed by atoms with Crippen LogP contribution in [-0.4, -0.2) is 88.0 Å². The largest absolute Gasteiger partial charge is 0.388 e. The van der Waals surface area contributed by atoms with Crippen molar-refractivity contribution in [1.82, 2.24) is 19.7 Å². The van der Waals surface area contributed by atoms with Crippen LogP contribution in [0.3, 0.4) is 0 Å². The summed E-state index contributed by atoms with van der Waals surface area (Å²) in [7, 11) is 0. The molecule has 0 radical (unpaired) electrons. The highest BCUT2D eigenvalue weighted by atomic mass is 19.1. The minimum absolute atomic E-state index is 0.0942. The zero-order valence-electron chi connectivity index (χ0n) is 17.4. The van der Waals surface area contributed by atoms with Gasteiger partial charge >= 0.3 is 0 Å². The Bertz CT molecular complexity index is 938. The quantitative estimate of drug-likeness (QED) is 0.800. The summed E-state index contributed by atoms with van der Waals surface area (Å²) in [5.41, 5.74) is 0.342. The van der Waals surface area contributed by atoms with Crippen molar-refractivity contribution in [2.45, 2.75) is 31.8 Å². The van der Waals surface area contributed by atoms with E-state index in [4.69, 9.17) is 0 Å². The van der Waals surface area contributed by atoms with E-state index in [0.717, 1.165) is 25.0 Å². The molecule has 7 nitrogen and oxygen atoms in total. The molecule has 1 aromatic carbocycles. The van der Waals surface area contributed by atoms with E-state index in [1.54, 1.807) is 24.0 Å². The predicted octanol–water partition coefficient (Wildman–Crippen LogP) is 1.83. The number of aromatic nitrogens is 1. The summed E-state index contributed by atoms with van der Waals surface area (Å²) >= 11 is 0. The Hall–Kier alpha value is -2.45. The van der Waals surface area contributed by atoms with Crippen LogP contribution < -0.4 is 0 Å². The van der Waals surface area contributed by atoms with Crippen molar-refractivity contribution in [3.05, 3.63) is 35.8 Å². The maximum atomic E-state index is 13.4. The number of halogens is 1. The highest BCUT2D eigenvalue weighted by molar-refractivity contribution is 5.98. The maximum absolute atomic E-state index is 13.4. The number of amides is 2. The van der Waals surface area contributed by atoms with Gasteiger partial charge in [0, 0.05) is 63.6 Å².